The SMILES string of the molecule is CCN(C[C@@H]1CCCO1)C(=S)NC(=O)c1sc2ccccc2c1Cl. The molecule has 0 spiro atoms. The average Bonchev–Trinajstić information content (AvgIpc) is 3.21. The fraction of sp³-hybridized carbons (Fsp3) is 0.412. The largest absolute Gasteiger partial charge is 0.376 e. The number of thiocarbonyl (C=S) groups is 1. The Morgan fingerprint density at radius 1 is 1.50 bits per heavy atom. The van der Waals surface area contributed by atoms with Crippen molar-refractivity contribution in [1.82, 2.24) is 10.2 Å². The van der Waals surface area contributed by atoms with Gasteiger partial charge in [-0.2, -0.15) is 0 Å². The van der Waals surface area contributed by atoms with Crippen molar-refractivity contribution in [3.8, 4) is 0 Å². The molecule has 24 heavy (non-hydrogen) atoms. The second-order valence-corrected chi connectivity index (χ2v) is 7.49. The number of halogens is 1. The Morgan fingerprint density at radius 2 is 2.29 bits per heavy atom. The van der Waals surface area contributed by atoms with E-state index >= 15 is 0 Å². The highest BCUT2D eigenvalue weighted by atomic mass is 35.5. The molecule has 0 bridgehead atoms. The number of benzene rings is 1. The van der Waals surface area contributed by atoms with Gasteiger partial charge in [-0.05, 0) is 38.0 Å². The number of amides is 1. The van der Waals surface area contributed by atoms with E-state index in [2.05, 4.69) is 5.32 Å². The highest BCUT2D eigenvalue weighted by Crippen LogP contribution is 2.35. The number of carbonyl (C=O) groups excluding carboxylic acids is 1. The third-order valence-corrected chi connectivity index (χ3v) is 6.11. The molecular formula is C17H19ClN2O2S2. The molecule has 7 heteroatoms. The number of likely N-dealkylation sites (N-methyl/N-ethyl adjacent to an activating group) is 1. The number of hydrogen-bond donors (Lipinski definition) is 1. The van der Waals surface area contributed by atoms with Gasteiger partial charge in [0.15, 0.2) is 5.11 Å². The van der Waals surface area contributed by atoms with Gasteiger partial charge in [-0.15, -0.1) is 11.3 Å². The van der Waals surface area contributed by atoms with E-state index in [0.29, 0.717) is 21.6 Å². The molecule has 1 amide bonds. The lowest BCUT2D eigenvalue weighted by Crippen LogP contribution is -2.45. The third-order valence-electron chi connectivity index (χ3n) is 4.08. The molecular weight excluding hydrogens is 364 g/mol. The fourth-order valence-electron chi connectivity index (χ4n) is 2.78. The summed E-state index contributed by atoms with van der Waals surface area (Å²) in [5.41, 5.74) is 0. The van der Waals surface area contributed by atoms with Crippen molar-refractivity contribution in [2.45, 2.75) is 25.9 Å². The van der Waals surface area contributed by atoms with Gasteiger partial charge in [-0.1, -0.05) is 29.8 Å². The van der Waals surface area contributed by atoms with Crippen LogP contribution in [0.25, 0.3) is 10.1 Å². The first-order valence-corrected chi connectivity index (χ1v) is 9.59. The van der Waals surface area contributed by atoms with E-state index in [-0.39, 0.29) is 12.0 Å². The van der Waals surface area contributed by atoms with Crippen LogP contribution in [0.3, 0.4) is 0 Å². The highest BCUT2D eigenvalue weighted by Gasteiger charge is 2.23. The predicted molar refractivity (Wildman–Crippen MR) is 103 cm³/mol. The minimum absolute atomic E-state index is 0.188. The molecule has 1 N–H and O–H groups in total. The third kappa shape index (κ3) is 3.72. The number of thiophene rings is 1. The zero-order chi connectivity index (χ0) is 17.1. The van der Waals surface area contributed by atoms with Crippen LogP contribution in [0, 0.1) is 0 Å². The molecule has 3 rings (SSSR count). The Bertz CT molecular complexity index is 756. The number of ether oxygens (including phenoxy) is 1. The maximum absolute atomic E-state index is 12.6. The maximum atomic E-state index is 12.6. The Labute approximate surface area is 155 Å². The zero-order valence-corrected chi connectivity index (χ0v) is 15.8. The van der Waals surface area contributed by atoms with Gasteiger partial charge in [-0.3, -0.25) is 10.1 Å². The molecule has 0 aliphatic carbocycles. The van der Waals surface area contributed by atoms with Gasteiger partial charge in [0.1, 0.15) is 4.88 Å². The molecule has 0 radical (unpaired) electrons. The molecule has 1 aliphatic heterocycles. The van der Waals surface area contributed by atoms with Crippen molar-refractivity contribution in [1.29, 1.82) is 0 Å². The predicted octanol–water partition coefficient (Wildman–Crippen LogP) is 4.07. The Kier molecular flexibility index (Phi) is 5.71. The second kappa shape index (κ2) is 7.78. The van der Waals surface area contributed by atoms with Crippen LogP contribution in [0.2, 0.25) is 5.02 Å². The Balaban J connectivity index is 1.70. The summed E-state index contributed by atoms with van der Waals surface area (Å²) in [4.78, 5) is 15.0. The molecule has 1 atom stereocenters. The molecule has 4 nitrogen and oxygen atoms in total. The summed E-state index contributed by atoms with van der Waals surface area (Å²) in [6.07, 6.45) is 2.31. The van der Waals surface area contributed by atoms with E-state index < -0.39 is 0 Å². The van der Waals surface area contributed by atoms with E-state index in [1.54, 1.807) is 0 Å². The summed E-state index contributed by atoms with van der Waals surface area (Å²) in [6, 6.07) is 7.71. The molecule has 1 aliphatic rings. The van der Waals surface area contributed by atoms with E-state index in [9.17, 15) is 4.79 Å². The van der Waals surface area contributed by atoms with Gasteiger partial charge in [0, 0.05) is 29.8 Å². The fourth-order valence-corrected chi connectivity index (χ4v) is 4.49. The van der Waals surface area contributed by atoms with E-state index in [0.717, 1.165) is 36.1 Å². The normalized spacial score (nSPS) is 17.2. The summed E-state index contributed by atoms with van der Waals surface area (Å²) in [7, 11) is 0. The summed E-state index contributed by atoms with van der Waals surface area (Å²) < 4.78 is 6.64. The topological polar surface area (TPSA) is 41.6 Å². The van der Waals surface area contributed by atoms with E-state index in [4.69, 9.17) is 28.6 Å². The van der Waals surface area contributed by atoms with Gasteiger partial charge >= 0.3 is 0 Å². The van der Waals surface area contributed by atoms with Crippen LogP contribution in [-0.4, -0.2) is 41.7 Å². The van der Waals surface area contributed by atoms with Crippen LogP contribution >= 0.6 is 35.2 Å². The van der Waals surface area contributed by atoms with Crippen LogP contribution < -0.4 is 5.32 Å². The Morgan fingerprint density at radius 3 is 2.96 bits per heavy atom. The molecule has 1 saturated heterocycles. The first-order valence-electron chi connectivity index (χ1n) is 7.99. The molecule has 0 saturated carbocycles. The van der Waals surface area contributed by atoms with Crippen LogP contribution in [0.4, 0.5) is 0 Å². The number of nitrogens with zero attached hydrogens (tertiary/aromatic N) is 1. The number of nitrogens with one attached hydrogen (secondary N) is 1. The lowest BCUT2D eigenvalue weighted by Gasteiger charge is -2.26. The summed E-state index contributed by atoms with van der Waals surface area (Å²) >= 11 is 13.1. The number of hydrogen-bond acceptors (Lipinski definition) is 4. The standard InChI is InChI=1S/C17H19ClN2O2S2/c1-2-20(10-11-6-5-9-22-11)17(23)19-16(21)15-14(18)12-7-3-4-8-13(12)24-15/h3-4,7-8,11H,2,5-6,9-10H2,1H3,(H,19,21,23)/t11-/m0/s1. The number of carbonyl (C=O) groups is 1. The first-order chi connectivity index (χ1) is 11.6. The Hall–Kier alpha value is -1.21. The quantitative estimate of drug-likeness (QED) is 0.809. The van der Waals surface area contributed by atoms with Crippen molar-refractivity contribution in [3.05, 3.63) is 34.2 Å². The smallest absolute Gasteiger partial charge is 0.269 e. The van der Waals surface area contributed by atoms with Crippen molar-refractivity contribution in [2.24, 2.45) is 0 Å². The maximum Gasteiger partial charge on any atom is 0.269 e. The number of rotatable bonds is 4. The monoisotopic (exact) mass is 382 g/mol. The van der Waals surface area contributed by atoms with Crippen LogP contribution in [-0.2, 0) is 4.74 Å². The molecule has 128 valence electrons. The van der Waals surface area contributed by atoms with Crippen molar-refractivity contribution >= 4 is 56.3 Å². The van der Waals surface area contributed by atoms with Crippen LogP contribution in [0.15, 0.2) is 24.3 Å². The molecule has 2 heterocycles. The van der Waals surface area contributed by atoms with Crippen molar-refractivity contribution < 1.29 is 9.53 Å². The summed E-state index contributed by atoms with van der Waals surface area (Å²) in [6.45, 7) is 4.24. The summed E-state index contributed by atoms with van der Waals surface area (Å²) in [5.74, 6) is -0.253. The molecule has 2 aromatic rings. The second-order valence-electron chi connectivity index (χ2n) is 5.67. The highest BCUT2D eigenvalue weighted by molar-refractivity contribution is 7.80. The van der Waals surface area contributed by atoms with Gasteiger partial charge < -0.3 is 9.64 Å². The summed E-state index contributed by atoms with van der Waals surface area (Å²) in [5, 5.41) is 4.61. The van der Waals surface area contributed by atoms with Crippen LogP contribution in [0.5, 0.6) is 0 Å². The lowest BCUT2D eigenvalue weighted by atomic mass is 10.2. The van der Waals surface area contributed by atoms with Crippen LogP contribution in [0.1, 0.15) is 29.4 Å². The van der Waals surface area contributed by atoms with Crippen molar-refractivity contribution in [2.75, 3.05) is 19.7 Å². The van der Waals surface area contributed by atoms with Crippen molar-refractivity contribution in [3.63, 3.8) is 0 Å². The van der Waals surface area contributed by atoms with Gasteiger partial charge in [-0.25, -0.2) is 0 Å². The molecule has 1 fully saturated rings. The number of fused-ring (bicyclic) bond motifs is 1. The first kappa shape index (κ1) is 17.6. The molecule has 1 aromatic heterocycles. The van der Waals surface area contributed by atoms with Gasteiger partial charge in [0.2, 0.25) is 0 Å². The average molecular weight is 383 g/mol. The lowest BCUT2D eigenvalue weighted by molar-refractivity contribution is 0.0897. The zero-order valence-electron chi connectivity index (χ0n) is 13.4. The van der Waals surface area contributed by atoms with Gasteiger partial charge in [0.05, 0.1) is 11.1 Å². The van der Waals surface area contributed by atoms with E-state index in [1.165, 1.54) is 11.3 Å². The van der Waals surface area contributed by atoms with E-state index in [1.807, 2.05) is 36.1 Å². The van der Waals surface area contributed by atoms with Gasteiger partial charge in [0.25, 0.3) is 5.91 Å². The molecule has 1 aromatic carbocycles. The molecule has 0 unspecified atom stereocenters. The minimum atomic E-state index is -0.253. The minimum Gasteiger partial charge on any atom is -0.376 e.